The maximum Gasteiger partial charge on any atom is 0.280 e. The second-order valence-corrected chi connectivity index (χ2v) is 5.52. The number of nitrogens with zero attached hydrogens (tertiary/aromatic N) is 1. The lowest BCUT2D eigenvalue weighted by molar-refractivity contribution is -0.127. The number of amides is 1. The molecule has 21 heavy (non-hydrogen) atoms. The normalized spacial score (nSPS) is 12.3. The first-order valence-electron chi connectivity index (χ1n) is 6.36. The molecule has 1 N–H and O–H groups in total. The van der Waals surface area contributed by atoms with Crippen LogP contribution in [0.15, 0.2) is 45.9 Å². The van der Waals surface area contributed by atoms with Crippen molar-refractivity contribution in [2.45, 2.75) is 20.0 Å². The second-order valence-electron chi connectivity index (χ2n) is 4.45. The Balaban J connectivity index is 1.86. The number of carbonyl (C=O) groups excluding carboxylic acids is 1. The zero-order valence-corrected chi connectivity index (χ0v) is 13.8. The van der Waals surface area contributed by atoms with E-state index < -0.39 is 6.10 Å². The molecule has 2 aromatic rings. The van der Waals surface area contributed by atoms with Crippen LogP contribution in [0, 0.1) is 10.7 Å². The Morgan fingerprint density at radius 1 is 1.43 bits per heavy atom. The number of hydrazone groups is 1. The average Bonchev–Trinajstić information content (AvgIpc) is 2.84. The van der Waals surface area contributed by atoms with Gasteiger partial charge in [-0.05, 0) is 66.3 Å². The Kier molecular flexibility index (Phi) is 5.38. The molecule has 0 aliphatic heterocycles. The molecule has 0 radical (unpaired) electrons. The van der Waals surface area contributed by atoms with Crippen molar-refractivity contribution in [3.05, 3.63) is 51.5 Å². The molecule has 6 heteroatoms. The fourth-order valence-corrected chi connectivity index (χ4v) is 2.03. The van der Waals surface area contributed by atoms with Crippen molar-refractivity contribution in [3.8, 4) is 5.75 Å². The average molecular weight is 398 g/mol. The van der Waals surface area contributed by atoms with Gasteiger partial charge in [0, 0.05) is 0 Å². The molecule has 0 spiro atoms. The number of furan rings is 1. The summed E-state index contributed by atoms with van der Waals surface area (Å²) >= 11 is 2.06. The van der Waals surface area contributed by atoms with Crippen LogP contribution in [0.5, 0.6) is 5.75 Å². The van der Waals surface area contributed by atoms with E-state index in [9.17, 15) is 4.79 Å². The van der Waals surface area contributed by atoms with Crippen LogP contribution in [0.2, 0.25) is 0 Å². The Hall–Kier alpha value is -1.83. The van der Waals surface area contributed by atoms with Gasteiger partial charge in [-0.3, -0.25) is 4.79 Å². The largest absolute Gasteiger partial charge is 0.481 e. The highest BCUT2D eigenvalue weighted by Gasteiger charge is 2.13. The summed E-state index contributed by atoms with van der Waals surface area (Å²) in [5.41, 5.74) is 3.49. The van der Waals surface area contributed by atoms with Gasteiger partial charge in [-0.2, -0.15) is 5.10 Å². The lowest BCUT2D eigenvalue weighted by Crippen LogP contribution is -2.33. The minimum Gasteiger partial charge on any atom is -0.481 e. The molecule has 5 nitrogen and oxygen atoms in total. The molecule has 1 aromatic heterocycles. The first-order chi connectivity index (χ1) is 10.0. The summed E-state index contributed by atoms with van der Waals surface area (Å²) in [5, 5.41) is 3.83. The van der Waals surface area contributed by atoms with Crippen LogP contribution in [0.1, 0.15) is 18.2 Å². The Bertz CT molecular complexity index is 652. The maximum absolute atomic E-state index is 11.8. The van der Waals surface area contributed by atoms with Crippen LogP contribution >= 0.6 is 22.6 Å². The van der Waals surface area contributed by atoms with Crippen molar-refractivity contribution in [2.75, 3.05) is 0 Å². The first-order valence-corrected chi connectivity index (χ1v) is 7.44. The molecule has 1 unspecified atom stereocenters. The lowest BCUT2D eigenvalue weighted by Gasteiger charge is -2.13. The Morgan fingerprint density at radius 3 is 2.90 bits per heavy atom. The van der Waals surface area contributed by atoms with Crippen LogP contribution in [-0.2, 0) is 4.79 Å². The minimum atomic E-state index is -0.638. The number of carbonyl (C=O) groups is 1. The van der Waals surface area contributed by atoms with E-state index >= 15 is 0 Å². The quantitative estimate of drug-likeness (QED) is 0.478. The van der Waals surface area contributed by atoms with Crippen molar-refractivity contribution in [2.24, 2.45) is 5.10 Å². The monoisotopic (exact) mass is 398 g/mol. The molecule has 0 bridgehead atoms. The summed E-state index contributed by atoms with van der Waals surface area (Å²) in [4.78, 5) is 11.8. The van der Waals surface area contributed by atoms with Crippen LogP contribution in [0.4, 0.5) is 0 Å². The van der Waals surface area contributed by atoms with E-state index in [-0.39, 0.29) is 5.91 Å². The number of hydrogen-bond donors (Lipinski definition) is 1. The van der Waals surface area contributed by atoms with E-state index in [0.29, 0.717) is 11.5 Å². The molecular formula is C15H15IN2O3. The third kappa shape index (κ3) is 4.89. The summed E-state index contributed by atoms with van der Waals surface area (Å²) in [6.45, 7) is 3.63. The standard InChI is InChI=1S/C15H15IN2O3/c1-10-4-3-5-12(8-10)20-11(2)15(19)18-17-9-13-6-7-14(16)21-13/h3-9,11H,1-2H3,(H,18,19). The highest BCUT2D eigenvalue weighted by molar-refractivity contribution is 14.1. The predicted octanol–water partition coefficient (Wildman–Crippen LogP) is 3.11. The SMILES string of the molecule is Cc1cccc(OC(C)C(=O)NN=Cc2ccc(I)o2)c1. The van der Waals surface area contributed by atoms with Crippen molar-refractivity contribution >= 4 is 34.7 Å². The minimum absolute atomic E-state index is 0.325. The first kappa shape index (κ1) is 15.6. The summed E-state index contributed by atoms with van der Waals surface area (Å²) < 4.78 is 11.6. The van der Waals surface area contributed by atoms with E-state index in [4.69, 9.17) is 9.15 Å². The van der Waals surface area contributed by atoms with Gasteiger partial charge >= 0.3 is 0 Å². The molecule has 0 fully saturated rings. The van der Waals surface area contributed by atoms with Gasteiger partial charge in [-0.1, -0.05) is 12.1 Å². The third-order valence-electron chi connectivity index (χ3n) is 2.63. The van der Waals surface area contributed by atoms with Gasteiger partial charge in [0.25, 0.3) is 5.91 Å². The highest BCUT2D eigenvalue weighted by Crippen LogP contribution is 2.14. The molecule has 0 aliphatic carbocycles. The van der Waals surface area contributed by atoms with Gasteiger partial charge in [0.2, 0.25) is 0 Å². The summed E-state index contributed by atoms with van der Waals surface area (Å²) in [6.07, 6.45) is 0.806. The van der Waals surface area contributed by atoms with Crippen molar-refractivity contribution in [1.82, 2.24) is 5.43 Å². The molecule has 1 amide bonds. The van der Waals surface area contributed by atoms with Gasteiger partial charge in [0.15, 0.2) is 9.87 Å². The molecule has 0 aliphatic rings. The molecular weight excluding hydrogens is 383 g/mol. The zero-order chi connectivity index (χ0) is 15.2. The van der Waals surface area contributed by atoms with Crippen LogP contribution in [0.25, 0.3) is 0 Å². The van der Waals surface area contributed by atoms with Gasteiger partial charge in [0.1, 0.15) is 11.5 Å². The number of nitrogens with one attached hydrogen (secondary N) is 1. The lowest BCUT2D eigenvalue weighted by atomic mass is 10.2. The number of aryl methyl sites for hydroxylation is 1. The molecule has 0 saturated carbocycles. The van der Waals surface area contributed by atoms with E-state index in [1.807, 2.05) is 37.3 Å². The van der Waals surface area contributed by atoms with Gasteiger partial charge in [0.05, 0.1) is 6.21 Å². The topological polar surface area (TPSA) is 63.8 Å². The fourth-order valence-electron chi connectivity index (χ4n) is 1.59. The van der Waals surface area contributed by atoms with E-state index in [2.05, 4.69) is 33.1 Å². The van der Waals surface area contributed by atoms with Crippen LogP contribution in [0.3, 0.4) is 0 Å². The number of hydrogen-bond acceptors (Lipinski definition) is 4. The molecule has 1 atom stereocenters. The number of rotatable bonds is 5. The van der Waals surface area contributed by atoms with Crippen LogP contribution < -0.4 is 10.2 Å². The number of halogens is 1. The van der Waals surface area contributed by atoms with E-state index in [0.717, 1.165) is 9.33 Å². The molecule has 0 saturated heterocycles. The third-order valence-corrected chi connectivity index (χ3v) is 3.21. The summed E-state index contributed by atoms with van der Waals surface area (Å²) in [6, 6.07) is 11.1. The van der Waals surface area contributed by atoms with Crippen molar-refractivity contribution in [3.63, 3.8) is 0 Å². The van der Waals surface area contributed by atoms with Crippen molar-refractivity contribution in [1.29, 1.82) is 0 Å². The number of benzene rings is 1. The maximum atomic E-state index is 11.8. The summed E-state index contributed by atoms with van der Waals surface area (Å²) in [7, 11) is 0. The van der Waals surface area contributed by atoms with Gasteiger partial charge in [-0.25, -0.2) is 5.43 Å². The van der Waals surface area contributed by atoms with Crippen molar-refractivity contribution < 1.29 is 13.9 Å². The van der Waals surface area contributed by atoms with Crippen LogP contribution in [-0.4, -0.2) is 18.2 Å². The van der Waals surface area contributed by atoms with E-state index in [1.54, 1.807) is 13.0 Å². The summed E-state index contributed by atoms with van der Waals surface area (Å²) in [5.74, 6) is 0.906. The molecule has 2 rings (SSSR count). The van der Waals surface area contributed by atoms with E-state index in [1.165, 1.54) is 6.21 Å². The number of ether oxygens (including phenoxy) is 1. The Morgan fingerprint density at radius 2 is 2.24 bits per heavy atom. The van der Waals surface area contributed by atoms with Gasteiger partial charge in [-0.15, -0.1) is 0 Å². The second kappa shape index (κ2) is 7.26. The predicted molar refractivity (Wildman–Crippen MR) is 88.4 cm³/mol. The molecule has 1 heterocycles. The zero-order valence-electron chi connectivity index (χ0n) is 11.7. The fraction of sp³-hybridized carbons (Fsp3) is 0.200. The smallest absolute Gasteiger partial charge is 0.280 e. The molecule has 1 aromatic carbocycles. The molecule has 110 valence electrons. The van der Waals surface area contributed by atoms with Gasteiger partial charge < -0.3 is 9.15 Å². The Labute approximate surface area is 136 Å². The highest BCUT2D eigenvalue weighted by atomic mass is 127.